The zero-order valence-corrected chi connectivity index (χ0v) is 10.2. The van der Waals surface area contributed by atoms with Crippen molar-refractivity contribution in [3.05, 3.63) is 34.4 Å². The molecule has 0 aromatic heterocycles. The van der Waals surface area contributed by atoms with Crippen molar-refractivity contribution in [2.45, 2.75) is 32.5 Å². The first-order valence-electron chi connectivity index (χ1n) is 5.46. The van der Waals surface area contributed by atoms with Crippen LogP contribution in [0.15, 0.2) is 12.1 Å². The molecule has 0 bridgehead atoms. The highest BCUT2D eigenvalue weighted by Gasteiger charge is 2.24. The first kappa shape index (κ1) is 14.2. The van der Waals surface area contributed by atoms with Crippen LogP contribution < -0.4 is 0 Å². The van der Waals surface area contributed by atoms with Crippen LogP contribution in [0.4, 0.5) is 0 Å². The maximum atomic E-state index is 10.5. The molecular formula is C13H15NO4. The van der Waals surface area contributed by atoms with E-state index in [2.05, 4.69) is 0 Å². The van der Waals surface area contributed by atoms with Gasteiger partial charge in [0, 0.05) is 0 Å². The van der Waals surface area contributed by atoms with Gasteiger partial charge in [0.1, 0.15) is 6.10 Å². The van der Waals surface area contributed by atoms with Crippen molar-refractivity contribution in [3.63, 3.8) is 0 Å². The number of hydrogen-bond donors (Lipinski definition) is 3. The Balaban J connectivity index is 3.10. The second-order valence-electron chi connectivity index (χ2n) is 4.25. The number of carbonyl (C=O) groups is 1. The lowest BCUT2D eigenvalue weighted by molar-refractivity contribution is -0.141. The molecule has 0 saturated heterocycles. The van der Waals surface area contributed by atoms with E-state index in [4.69, 9.17) is 10.4 Å². The molecule has 0 aliphatic carbocycles. The van der Waals surface area contributed by atoms with Crippen molar-refractivity contribution < 1.29 is 20.1 Å². The summed E-state index contributed by atoms with van der Waals surface area (Å²) in [7, 11) is 0. The normalized spacial score (nSPS) is 13.7. The lowest BCUT2D eigenvalue weighted by Crippen LogP contribution is -2.23. The Morgan fingerprint density at radius 1 is 1.33 bits per heavy atom. The van der Waals surface area contributed by atoms with Crippen LogP contribution in [0, 0.1) is 25.2 Å². The zero-order valence-electron chi connectivity index (χ0n) is 10.2. The fourth-order valence-corrected chi connectivity index (χ4v) is 1.99. The maximum Gasteiger partial charge on any atom is 0.306 e. The molecule has 0 spiro atoms. The van der Waals surface area contributed by atoms with Gasteiger partial charge >= 0.3 is 5.97 Å². The van der Waals surface area contributed by atoms with Gasteiger partial charge in [-0.2, -0.15) is 5.26 Å². The molecule has 0 aliphatic heterocycles. The van der Waals surface area contributed by atoms with E-state index in [1.54, 1.807) is 26.0 Å². The number of carboxylic acids is 1. The fraction of sp³-hybridized carbons (Fsp3) is 0.385. The van der Waals surface area contributed by atoms with Gasteiger partial charge in [0.25, 0.3) is 0 Å². The van der Waals surface area contributed by atoms with E-state index in [0.717, 1.165) is 0 Å². The smallest absolute Gasteiger partial charge is 0.306 e. The number of rotatable bonds is 4. The number of nitriles is 1. The Labute approximate surface area is 105 Å². The number of benzene rings is 1. The predicted molar refractivity (Wildman–Crippen MR) is 63.9 cm³/mol. The topological polar surface area (TPSA) is 102 Å². The number of aliphatic hydroxyl groups excluding tert-OH is 2. The number of hydrogen-bond acceptors (Lipinski definition) is 4. The van der Waals surface area contributed by atoms with E-state index in [-0.39, 0.29) is 0 Å². The third kappa shape index (κ3) is 3.06. The fourth-order valence-electron chi connectivity index (χ4n) is 1.99. The highest BCUT2D eigenvalue weighted by molar-refractivity contribution is 5.67. The van der Waals surface area contributed by atoms with Crippen LogP contribution in [0.1, 0.15) is 34.8 Å². The summed E-state index contributed by atoms with van der Waals surface area (Å²) < 4.78 is 0. The monoisotopic (exact) mass is 249 g/mol. The van der Waals surface area contributed by atoms with Crippen LogP contribution in [-0.2, 0) is 4.79 Å². The molecule has 5 nitrogen and oxygen atoms in total. The van der Waals surface area contributed by atoms with Gasteiger partial charge < -0.3 is 15.3 Å². The number of aliphatic hydroxyl groups is 2. The Hall–Kier alpha value is -1.90. The molecule has 5 heteroatoms. The first-order chi connectivity index (χ1) is 8.36. The lowest BCUT2D eigenvalue weighted by atomic mass is 9.92. The van der Waals surface area contributed by atoms with Crippen molar-refractivity contribution in [2.24, 2.45) is 0 Å². The second kappa shape index (κ2) is 5.63. The summed E-state index contributed by atoms with van der Waals surface area (Å²) in [6.07, 6.45) is -3.17. The van der Waals surface area contributed by atoms with Gasteiger partial charge in [-0.1, -0.05) is 0 Å². The molecule has 0 radical (unpaired) electrons. The molecule has 18 heavy (non-hydrogen) atoms. The number of aryl methyl sites for hydroxylation is 2. The van der Waals surface area contributed by atoms with Crippen molar-refractivity contribution >= 4 is 5.97 Å². The van der Waals surface area contributed by atoms with Gasteiger partial charge in [-0.05, 0) is 42.7 Å². The van der Waals surface area contributed by atoms with E-state index >= 15 is 0 Å². The van der Waals surface area contributed by atoms with Crippen molar-refractivity contribution in [1.82, 2.24) is 0 Å². The van der Waals surface area contributed by atoms with Gasteiger partial charge in [-0.25, -0.2) is 0 Å². The molecule has 1 aromatic carbocycles. The summed E-state index contributed by atoms with van der Waals surface area (Å²) in [5.41, 5.74) is 2.25. The molecule has 0 heterocycles. The quantitative estimate of drug-likeness (QED) is 0.740. The highest BCUT2D eigenvalue weighted by atomic mass is 16.4. The van der Waals surface area contributed by atoms with Gasteiger partial charge in [-0.15, -0.1) is 0 Å². The van der Waals surface area contributed by atoms with Crippen molar-refractivity contribution in [3.8, 4) is 6.07 Å². The minimum atomic E-state index is -1.37. The molecule has 3 N–H and O–H groups in total. The highest BCUT2D eigenvalue weighted by Crippen LogP contribution is 2.27. The molecule has 2 unspecified atom stereocenters. The van der Waals surface area contributed by atoms with Gasteiger partial charge in [0.05, 0.1) is 24.2 Å². The third-order valence-electron chi connectivity index (χ3n) is 2.77. The standard InChI is InChI=1S/C13H15NO4/c1-7-3-9(6-14)4-8(2)12(7)13(18)10(15)5-11(16)17/h3-4,10,13,15,18H,5H2,1-2H3,(H,16,17). The molecule has 1 rings (SSSR count). The van der Waals surface area contributed by atoms with Gasteiger partial charge in [0.15, 0.2) is 0 Å². The number of nitrogens with zero attached hydrogens (tertiary/aromatic N) is 1. The minimum absolute atomic E-state index is 0.466. The van der Waals surface area contributed by atoms with E-state index in [1.165, 1.54) is 0 Å². The Morgan fingerprint density at radius 3 is 2.22 bits per heavy atom. The molecule has 0 fully saturated rings. The number of carboxylic acid groups (broad SMARTS) is 1. The third-order valence-corrected chi connectivity index (χ3v) is 2.77. The van der Waals surface area contributed by atoms with Crippen LogP contribution in [0.5, 0.6) is 0 Å². The molecule has 0 saturated carbocycles. The summed E-state index contributed by atoms with van der Waals surface area (Å²) in [6.45, 7) is 3.42. The van der Waals surface area contributed by atoms with Crippen LogP contribution in [0.3, 0.4) is 0 Å². The lowest BCUT2D eigenvalue weighted by Gasteiger charge is -2.20. The van der Waals surface area contributed by atoms with E-state index in [0.29, 0.717) is 22.3 Å². The predicted octanol–water partition coefficient (Wildman–Crippen LogP) is 1.04. The molecule has 1 aromatic rings. The summed E-state index contributed by atoms with van der Waals surface area (Å²) >= 11 is 0. The largest absolute Gasteiger partial charge is 0.481 e. The molecule has 0 amide bonds. The van der Waals surface area contributed by atoms with Crippen LogP contribution in [0.2, 0.25) is 0 Å². The van der Waals surface area contributed by atoms with Gasteiger partial charge in [0.2, 0.25) is 0 Å². The summed E-state index contributed by atoms with van der Waals surface area (Å²) in [6, 6.07) is 5.19. The summed E-state index contributed by atoms with van der Waals surface area (Å²) in [4.78, 5) is 10.5. The molecule has 96 valence electrons. The maximum absolute atomic E-state index is 10.5. The molecule has 0 aliphatic rings. The minimum Gasteiger partial charge on any atom is -0.481 e. The Morgan fingerprint density at radius 2 is 1.83 bits per heavy atom. The SMILES string of the molecule is Cc1cc(C#N)cc(C)c1C(O)C(O)CC(=O)O. The van der Waals surface area contributed by atoms with Crippen LogP contribution in [-0.4, -0.2) is 27.4 Å². The second-order valence-corrected chi connectivity index (χ2v) is 4.25. The van der Waals surface area contributed by atoms with Crippen LogP contribution in [0.25, 0.3) is 0 Å². The Bertz CT molecular complexity index is 481. The Kier molecular flexibility index (Phi) is 4.43. The number of aliphatic carboxylic acids is 1. The summed E-state index contributed by atoms with van der Waals surface area (Å²) in [5, 5.41) is 37.0. The zero-order chi connectivity index (χ0) is 13.9. The van der Waals surface area contributed by atoms with Crippen molar-refractivity contribution in [1.29, 1.82) is 5.26 Å². The van der Waals surface area contributed by atoms with Crippen LogP contribution >= 0.6 is 0 Å². The summed E-state index contributed by atoms with van der Waals surface area (Å²) in [5.74, 6) is -1.18. The molecular weight excluding hydrogens is 234 g/mol. The average molecular weight is 249 g/mol. The average Bonchev–Trinajstić information content (AvgIpc) is 2.26. The van der Waals surface area contributed by atoms with Gasteiger partial charge in [-0.3, -0.25) is 4.79 Å². The van der Waals surface area contributed by atoms with Crippen molar-refractivity contribution in [2.75, 3.05) is 0 Å². The molecule has 2 atom stereocenters. The van der Waals surface area contributed by atoms with E-state index in [1.807, 2.05) is 6.07 Å². The van der Waals surface area contributed by atoms with E-state index < -0.39 is 24.6 Å². The first-order valence-corrected chi connectivity index (χ1v) is 5.46. The van der Waals surface area contributed by atoms with E-state index in [9.17, 15) is 15.0 Å².